The number of rotatable bonds is 4. The molecule has 1 spiro atoms. The molecule has 3 fully saturated rings. The molecule has 3 aromatic carbocycles. The Morgan fingerprint density at radius 3 is 2.40 bits per heavy atom. The first-order chi connectivity index (χ1) is 16.9. The van der Waals surface area contributed by atoms with Crippen molar-refractivity contribution >= 4 is 5.91 Å². The van der Waals surface area contributed by atoms with E-state index in [9.17, 15) is 19.5 Å². The molecule has 6 nitrogen and oxygen atoms in total. The molecule has 2 heterocycles. The molecule has 0 radical (unpaired) electrons. The number of amides is 1. The summed E-state index contributed by atoms with van der Waals surface area (Å²) in [7, 11) is 0. The van der Waals surface area contributed by atoms with Crippen LogP contribution in [-0.2, 0) is 9.53 Å². The van der Waals surface area contributed by atoms with Crippen LogP contribution >= 0.6 is 0 Å². The van der Waals surface area contributed by atoms with Crippen molar-refractivity contribution < 1.29 is 14.6 Å². The average Bonchev–Trinajstić information content (AvgIpc) is 3.30. The van der Waals surface area contributed by atoms with Crippen LogP contribution in [-0.4, -0.2) is 41.7 Å². The summed E-state index contributed by atoms with van der Waals surface area (Å²) >= 11 is 0. The summed E-state index contributed by atoms with van der Waals surface area (Å²) in [5.41, 5.74) is 3.96. The molecule has 0 aromatic heterocycles. The van der Waals surface area contributed by atoms with Crippen LogP contribution in [0, 0.1) is 12.3 Å². The molecule has 2 saturated heterocycles. The minimum absolute atomic E-state index is 0.108. The summed E-state index contributed by atoms with van der Waals surface area (Å²) in [5, 5.41) is 9.84. The molecule has 1 amide bonds. The third-order valence-corrected chi connectivity index (χ3v) is 8.50. The maximum absolute atomic E-state index is 12.7. The summed E-state index contributed by atoms with van der Waals surface area (Å²) in [4.78, 5) is 38.0. The lowest BCUT2D eigenvalue weighted by Crippen LogP contribution is -2.44. The number of aromatic hydroxyl groups is 1. The summed E-state index contributed by atoms with van der Waals surface area (Å²) in [6, 6.07) is 14.2. The van der Waals surface area contributed by atoms with Crippen LogP contribution in [0.4, 0.5) is 0 Å². The Bertz CT molecular complexity index is 1370. The van der Waals surface area contributed by atoms with Gasteiger partial charge in [0.2, 0.25) is 5.43 Å². The molecule has 0 bridgehead atoms. The number of hydrogen-bond donors (Lipinski definition) is 1. The Labute approximate surface area is 203 Å². The molecule has 2 atom stereocenters. The molecular formula is C29H29NO5. The largest absolute Gasteiger partial charge is 0.503 e. The van der Waals surface area contributed by atoms with Crippen molar-refractivity contribution in [2.75, 3.05) is 19.7 Å². The van der Waals surface area contributed by atoms with Crippen LogP contribution in [0.25, 0.3) is 22.3 Å². The van der Waals surface area contributed by atoms with Crippen molar-refractivity contribution in [3.63, 3.8) is 0 Å². The zero-order valence-electron chi connectivity index (χ0n) is 19.9. The van der Waals surface area contributed by atoms with Gasteiger partial charge in [-0.1, -0.05) is 36.4 Å². The number of ether oxygens (including phenoxy) is 1. The Morgan fingerprint density at radius 2 is 1.74 bits per heavy atom. The van der Waals surface area contributed by atoms with Gasteiger partial charge in [0.1, 0.15) is 6.10 Å². The van der Waals surface area contributed by atoms with E-state index in [-0.39, 0.29) is 17.6 Å². The minimum atomic E-state index is -0.813. The highest BCUT2D eigenvalue weighted by Gasteiger charge is 2.55. The molecular weight excluding hydrogens is 442 g/mol. The third-order valence-electron chi connectivity index (χ3n) is 8.50. The van der Waals surface area contributed by atoms with Crippen LogP contribution in [0.15, 0.2) is 52.1 Å². The number of likely N-dealkylation sites (tertiary alicyclic amines) is 1. The van der Waals surface area contributed by atoms with Crippen LogP contribution in [0.5, 0.6) is 5.75 Å². The highest BCUT2D eigenvalue weighted by molar-refractivity contribution is 5.81. The Morgan fingerprint density at radius 1 is 1.03 bits per heavy atom. The van der Waals surface area contributed by atoms with Crippen molar-refractivity contribution in [3.05, 3.63) is 74.0 Å². The topological polar surface area (TPSA) is 83.9 Å². The van der Waals surface area contributed by atoms with Crippen LogP contribution in [0.3, 0.4) is 0 Å². The second kappa shape index (κ2) is 8.16. The number of carbonyl (C=O) groups excluding carboxylic acids is 1. The molecule has 1 aliphatic carbocycles. The van der Waals surface area contributed by atoms with E-state index in [1.807, 2.05) is 24.0 Å². The van der Waals surface area contributed by atoms with Crippen molar-refractivity contribution in [2.45, 2.75) is 51.0 Å². The van der Waals surface area contributed by atoms with Gasteiger partial charge in [0.25, 0.3) is 11.3 Å². The number of aryl methyl sites for hydroxylation is 1. The van der Waals surface area contributed by atoms with Crippen LogP contribution in [0.2, 0.25) is 0 Å². The molecule has 35 heavy (non-hydrogen) atoms. The van der Waals surface area contributed by atoms with E-state index in [1.54, 1.807) is 6.07 Å². The summed E-state index contributed by atoms with van der Waals surface area (Å²) < 4.78 is 5.59. The first-order valence-electron chi connectivity index (χ1n) is 12.5. The van der Waals surface area contributed by atoms with E-state index in [1.165, 1.54) is 12.0 Å². The lowest BCUT2D eigenvalue weighted by Gasteiger charge is -2.34. The van der Waals surface area contributed by atoms with E-state index < -0.39 is 16.6 Å². The second-order valence-corrected chi connectivity index (χ2v) is 10.5. The van der Waals surface area contributed by atoms with Gasteiger partial charge in [0.05, 0.1) is 5.56 Å². The highest BCUT2D eigenvalue weighted by Crippen LogP contribution is 2.65. The maximum Gasteiger partial charge on any atom is 0.268 e. The van der Waals surface area contributed by atoms with Gasteiger partial charge in [0.15, 0.2) is 5.75 Å². The van der Waals surface area contributed by atoms with Gasteiger partial charge < -0.3 is 14.7 Å². The van der Waals surface area contributed by atoms with E-state index in [2.05, 4.69) is 24.3 Å². The van der Waals surface area contributed by atoms with Crippen LogP contribution < -0.4 is 10.9 Å². The zero-order chi connectivity index (χ0) is 24.3. The van der Waals surface area contributed by atoms with Gasteiger partial charge >= 0.3 is 0 Å². The van der Waals surface area contributed by atoms with Gasteiger partial charge in [-0.2, -0.15) is 0 Å². The fourth-order valence-electron chi connectivity index (χ4n) is 6.15. The first-order valence-corrected chi connectivity index (χ1v) is 12.5. The maximum atomic E-state index is 12.7. The third kappa shape index (κ3) is 3.62. The molecule has 3 aliphatic rings. The summed E-state index contributed by atoms with van der Waals surface area (Å²) in [6.07, 6.45) is 4.87. The van der Waals surface area contributed by atoms with Crippen molar-refractivity contribution in [3.8, 4) is 28.0 Å². The first kappa shape index (κ1) is 22.2. The minimum Gasteiger partial charge on any atom is -0.503 e. The monoisotopic (exact) mass is 471 g/mol. The standard InChI is InChI=1S/C29H29NO5/c1-17-4-5-20(24-25(31)27(33)26(24)32)15-21(17)18-6-8-19(9-7-18)22-16-29(22)10-12-30(13-11-29)28(34)23-3-2-14-35-23/h4-9,15,22-23,31H,2-3,10-14,16H2,1H3. The fraction of sp³-hybridized carbons (Fsp3) is 0.414. The Balaban J connectivity index is 1.15. The Kier molecular flexibility index (Phi) is 5.18. The van der Waals surface area contributed by atoms with Crippen molar-refractivity contribution in [1.29, 1.82) is 0 Å². The molecule has 1 saturated carbocycles. The quantitative estimate of drug-likeness (QED) is 0.584. The summed E-state index contributed by atoms with van der Waals surface area (Å²) in [6.45, 7) is 4.36. The SMILES string of the molecule is Cc1ccc(-c2c(O)c(=O)c2=O)cc1-c1ccc(C2CC23CCN(C(=O)C2CCCO2)CC3)cc1. The smallest absolute Gasteiger partial charge is 0.268 e. The number of nitrogens with zero attached hydrogens (tertiary/aromatic N) is 1. The van der Waals surface area contributed by atoms with Gasteiger partial charge in [-0.25, -0.2) is 0 Å². The number of hydrogen-bond acceptors (Lipinski definition) is 5. The molecule has 2 unspecified atom stereocenters. The zero-order valence-corrected chi connectivity index (χ0v) is 19.9. The fourth-order valence-corrected chi connectivity index (χ4v) is 6.15. The highest BCUT2D eigenvalue weighted by atomic mass is 16.5. The lowest BCUT2D eigenvalue weighted by atomic mass is 9.87. The van der Waals surface area contributed by atoms with Crippen LogP contribution in [0.1, 0.15) is 49.1 Å². The summed E-state index contributed by atoms with van der Waals surface area (Å²) in [5.74, 6) is 0.265. The lowest BCUT2D eigenvalue weighted by molar-refractivity contribution is -0.142. The van der Waals surface area contributed by atoms with Crippen molar-refractivity contribution in [1.82, 2.24) is 4.90 Å². The van der Waals surface area contributed by atoms with E-state index in [4.69, 9.17) is 4.74 Å². The van der Waals surface area contributed by atoms with E-state index in [0.29, 0.717) is 23.5 Å². The van der Waals surface area contributed by atoms with Gasteiger partial charge in [-0.15, -0.1) is 0 Å². The van der Waals surface area contributed by atoms with Gasteiger partial charge in [0, 0.05) is 19.7 Å². The molecule has 180 valence electrons. The van der Waals surface area contributed by atoms with E-state index in [0.717, 1.165) is 55.5 Å². The predicted octanol–water partition coefficient (Wildman–Crippen LogP) is 3.91. The normalized spacial score (nSPS) is 23.2. The number of benzene rings is 2. The number of piperidine rings is 1. The van der Waals surface area contributed by atoms with E-state index >= 15 is 0 Å². The number of carbonyl (C=O) groups is 1. The van der Waals surface area contributed by atoms with Gasteiger partial charge in [-0.3, -0.25) is 14.4 Å². The molecule has 2 aliphatic heterocycles. The van der Waals surface area contributed by atoms with Gasteiger partial charge in [-0.05, 0) is 84.2 Å². The Hall–Kier alpha value is -3.25. The predicted molar refractivity (Wildman–Crippen MR) is 133 cm³/mol. The molecule has 1 N–H and O–H groups in total. The average molecular weight is 472 g/mol. The molecule has 3 aromatic rings. The molecule has 6 heteroatoms. The second-order valence-electron chi connectivity index (χ2n) is 10.5. The molecule has 6 rings (SSSR count). The van der Waals surface area contributed by atoms with Crippen molar-refractivity contribution in [2.24, 2.45) is 5.41 Å².